The zero-order valence-corrected chi connectivity index (χ0v) is 17.1. The van der Waals surface area contributed by atoms with E-state index in [4.69, 9.17) is 26.5 Å². The molecule has 1 aromatic heterocycles. The fourth-order valence-corrected chi connectivity index (χ4v) is 3.10. The van der Waals surface area contributed by atoms with E-state index in [2.05, 4.69) is 20.9 Å². The number of benzene rings is 2. The second-order valence-corrected chi connectivity index (χ2v) is 7.52. The average Bonchev–Trinajstić information content (AvgIpc) is 3.01. The first kappa shape index (κ1) is 20.3. The first-order chi connectivity index (χ1) is 13.1. The number of amides is 1. The summed E-state index contributed by atoms with van der Waals surface area (Å²) in [6.07, 6.45) is 0. The molecule has 146 valence electrons. The summed E-state index contributed by atoms with van der Waals surface area (Å²) in [5, 5.41) is 0.573. The van der Waals surface area contributed by atoms with Crippen LogP contribution in [0.3, 0.4) is 0 Å². The highest BCUT2D eigenvalue weighted by Gasteiger charge is 2.33. The maximum atomic E-state index is 14.5. The molecular weight excluding hydrogens is 458 g/mol. The van der Waals surface area contributed by atoms with E-state index >= 15 is 0 Å². The van der Waals surface area contributed by atoms with Gasteiger partial charge >= 0.3 is 0 Å². The number of rotatable bonds is 5. The Hall–Kier alpha value is -2.45. The summed E-state index contributed by atoms with van der Waals surface area (Å²) in [6.45, 7) is 3.17. The summed E-state index contributed by atoms with van der Waals surface area (Å²) in [7, 11) is 0. The third-order valence-electron chi connectivity index (χ3n) is 3.89. The summed E-state index contributed by atoms with van der Waals surface area (Å²) in [6, 6.07) is 8.91. The lowest BCUT2D eigenvalue weighted by molar-refractivity contribution is 0.0699. The second kappa shape index (κ2) is 7.52. The molecule has 5 nitrogen and oxygen atoms in total. The number of ether oxygens (including phenoxy) is 1. The number of hydrogen-bond donors (Lipinski definition) is 1. The number of primary amides is 1. The summed E-state index contributed by atoms with van der Waals surface area (Å²) in [4.78, 5) is 15.7. The molecule has 3 aromatic rings. The summed E-state index contributed by atoms with van der Waals surface area (Å²) in [5.41, 5.74) is 4.16. The molecule has 0 bridgehead atoms. The predicted octanol–water partition coefficient (Wildman–Crippen LogP) is 5.45. The first-order valence-corrected chi connectivity index (χ1v) is 9.17. The Morgan fingerprint density at radius 3 is 2.46 bits per heavy atom. The molecule has 0 aliphatic carbocycles. The van der Waals surface area contributed by atoms with E-state index in [1.54, 1.807) is 38.1 Å². The number of oxazole rings is 1. The molecule has 0 radical (unpaired) electrons. The van der Waals surface area contributed by atoms with E-state index < -0.39 is 28.7 Å². The van der Waals surface area contributed by atoms with Crippen molar-refractivity contribution >= 4 is 33.4 Å². The van der Waals surface area contributed by atoms with Crippen LogP contribution in [0.4, 0.5) is 8.78 Å². The van der Waals surface area contributed by atoms with Crippen molar-refractivity contribution < 1.29 is 22.7 Å². The Kier molecular flexibility index (Phi) is 5.45. The molecule has 9 heteroatoms. The molecule has 28 heavy (non-hydrogen) atoms. The maximum absolute atomic E-state index is 14.5. The van der Waals surface area contributed by atoms with Gasteiger partial charge in [0.2, 0.25) is 5.89 Å². The van der Waals surface area contributed by atoms with Crippen LogP contribution < -0.4 is 10.5 Å². The number of aromatic nitrogens is 1. The van der Waals surface area contributed by atoms with Crippen LogP contribution >= 0.6 is 27.5 Å². The van der Waals surface area contributed by atoms with Gasteiger partial charge in [-0.2, -0.15) is 0 Å². The van der Waals surface area contributed by atoms with Gasteiger partial charge in [0.1, 0.15) is 17.1 Å². The van der Waals surface area contributed by atoms with Gasteiger partial charge in [0.25, 0.3) is 5.91 Å². The molecule has 3 rings (SSSR count). The van der Waals surface area contributed by atoms with Crippen molar-refractivity contribution in [2.24, 2.45) is 5.73 Å². The second-order valence-electron chi connectivity index (χ2n) is 6.36. The topological polar surface area (TPSA) is 78.4 Å². The first-order valence-electron chi connectivity index (χ1n) is 7.99. The normalized spacial score (nSPS) is 11.5. The molecular formula is C19H14BrClF2N2O3. The van der Waals surface area contributed by atoms with Gasteiger partial charge < -0.3 is 14.9 Å². The van der Waals surface area contributed by atoms with Crippen molar-refractivity contribution in [2.45, 2.75) is 19.4 Å². The number of nitrogens with two attached hydrogens (primary N) is 1. The number of carbonyl (C=O) groups excluding carboxylic acids is 1. The average molecular weight is 472 g/mol. The third-order valence-corrected chi connectivity index (χ3v) is 4.68. The maximum Gasteiger partial charge on any atom is 0.254 e. The lowest BCUT2D eigenvalue weighted by Gasteiger charge is -2.23. The Morgan fingerprint density at radius 1 is 1.21 bits per heavy atom. The van der Waals surface area contributed by atoms with E-state index in [1.807, 2.05) is 0 Å². The quantitative estimate of drug-likeness (QED) is 0.537. The van der Waals surface area contributed by atoms with Crippen molar-refractivity contribution in [3.05, 3.63) is 69.2 Å². The van der Waals surface area contributed by atoms with Crippen LogP contribution in [0.25, 0.3) is 11.3 Å². The van der Waals surface area contributed by atoms with Gasteiger partial charge in [0.05, 0.1) is 0 Å². The number of nitrogens with zero attached hydrogens (tertiary/aromatic N) is 1. The summed E-state index contributed by atoms with van der Waals surface area (Å²) in [5.74, 6) is -3.72. The van der Waals surface area contributed by atoms with Gasteiger partial charge in [-0.1, -0.05) is 23.7 Å². The Morgan fingerprint density at radius 2 is 1.86 bits per heavy atom. The van der Waals surface area contributed by atoms with Crippen LogP contribution in [-0.4, -0.2) is 10.9 Å². The lowest BCUT2D eigenvalue weighted by atomic mass is 10.1. The highest BCUT2D eigenvalue weighted by molar-refractivity contribution is 9.10. The van der Waals surface area contributed by atoms with Gasteiger partial charge in [-0.05, 0) is 54.0 Å². The molecule has 0 saturated heterocycles. The predicted molar refractivity (Wildman–Crippen MR) is 103 cm³/mol. The largest absolute Gasteiger partial charge is 0.475 e. The van der Waals surface area contributed by atoms with Gasteiger partial charge in [-0.15, -0.1) is 0 Å². The van der Waals surface area contributed by atoms with E-state index in [1.165, 1.54) is 0 Å². The minimum Gasteiger partial charge on any atom is -0.475 e. The van der Waals surface area contributed by atoms with Crippen molar-refractivity contribution in [1.29, 1.82) is 0 Å². The van der Waals surface area contributed by atoms with Crippen LogP contribution in [0.2, 0.25) is 5.02 Å². The molecule has 0 saturated carbocycles. The molecule has 0 fully saturated rings. The lowest BCUT2D eigenvalue weighted by Crippen LogP contribution is -2.27. The molecule has 2 aromatic carbocycles. The number of halogens is 4. The monoisotopic (exact) mass is 470 g/mol. The minimum absolute atomic E-state index is 0.133. The van der Waals surface area contributed by atoms with Crippen LogP contribution in [-0.2, 0) is 5.60 Å². The zero-order chi connectivity index (χ0) is 20.6. The fourth-order valence-electron chi connectivity index (χ4n) is 2.50. The van der Waals surface area contributed by atoms with E-state index in [0.29, 0.717) is 15.4 Å². The van der Waals surface area contributed by atoms with Gasteiger partial charge in [0.15, 0.2) is 21.8 Å². The zero-order valence-electron chi connectivity index (χ0n) is 14.7. The Bertz CT molecular complexity index is 1050. The van der Waals surface area contributed by atoms with Gasteiger partial charge in [-0.25, -0.2) is 13.8 Å². The Balaban J connectivity index is 1.96. The fraction of sp³-hybridized carbons (Fsp3) is 0.158. The Labute approximate surface area is 172 Å². The standard InChI is InChI=1S/C19H14BrClF2N2O3/c1-19(2,28-12-8-7-11(22)13(14(12)23)17(24)26)18-25-15(16(20)27-18)9-3-5-10(21)6-4-9/h3-8H,1-2H3,(H2,24,26). The molecule has 1 amide bonds. The van der Waals surface area contributed by atoms with Crippen LogP contribution in [0, 0.1) is 11.6 Å². The highest BCUT2D eigenvalue weighted by Crippen LogP contribution is 2.36. The van der Waals surface area contributed by atoms with E-state index in [-0.39, 0.29) is 11.6 Å². The highest BCUT2D eigenvalue weighted by atomic mass is 79.9. The molecule has 2 N–H and O–H groups in total. The third kappa shape index (κ3) is 3.88. The summed E-state index contributed by atoms with van der Waals surface area (Å²) >= 11 is 9.20. The van der Waals surface area contributed by atoms with Crippen LogP contribution in [0.5, 0.6) is 5.75 Å². The number of hydrogen-bond acceptors (Lipinski definition) is 4. The molecule has 0 aliphatic rings. The summed E-state index contributed by atoms with van der Waals surface area (Å²) < 4.78 is 39.8. The van der Waals surface area contributed by atoms with Crippen LogP contribution in [0.1, 0.15) is 30.1 Å². The molecule has 0 atom stereocenters. The van der Waals surface area contributed by atoms with Crippen molar-refractivity contribution in [3.8, 4) is 17.0 Å². The number of carbonyl (C=O) groups is 1. The van der Waals surface area contributed by atoms with E-state index in [9.17, 15) is 13.6 Å². The molecule has 0 aliphatic heterocycles. The van der Waals surface area contributed by atoms with Crippen molar-refractivity contribution in [1.82, 2.24) is 4.98 Å². The molecule has 0 spiro atoms. The van der Waals surface area contributed by atoms with Crippen molar-refractivity contribution in [3.63, 3.8) is 0 Å². The molecule has 1 heterocycles. The van der Waals surface area contributed by atoms with Crippen molar-refractivity contribution in [2.75, 3.05) is 0 Å². The smallest absolute Gasteiger partial charge is 0.254 e. The van der Waals surface area contributed by atoms with Gasteiger partial charge in [-0.3, -0.25) is 4.79 Å². The van der Waals surface area contributed by atoms with E-state index in [0.717, 1.165) is 17.7 Å². The van der Waals surface area contributed by atoms with Gasteiger partial charge in [0, 0.05) is 10.6 Å². The molecule has 0 unspecified atom stereocenters. The van der Waals surface area contributed by atoms with Crippen LogP contribution in [0.15, 0.2) is 45.5 Å². The SMILES string of the molecule is CC(C)(Oc1ccc(F)c(C(N)=O)c1F)c1nc(-c2ccc(Cl)cc2)c(Br)o1. The minimum atomic E-state index is -1.25.